The van der Waals surface area contributed by atoms with Gasteiger partial charge in [0.1, 0.15) is 0 Å². The van der Waals surface area contributed by atoms with E-state index in [-0.39, 0.29) is 0 Å². The highest BCUT2D eigenvalue weighted by molar-refractivity contribution is 4.78. The summed E-state index contributed by atoms with van der Waals surface area (Å²) in [5.41, 5.74) is -0.523. The molecule has 3 nitrogen and oxygen atoms in total. The van der Waals surface area contributed by atoms with E-state index in [1.807, 2.05) is 13.8 Å². The second kappa shape index (κ2) is 4.40. The van der Waals surface area contributed by atoms with E-state index in [1.54, 1.807) is 0 Å². The average molecular weight is 186 g/mol. The first-order valence-electron chi connectivity index (χ1n) is 5.16. The lowest BCUT2D eigenvalue weighted by molar-refractivity contribution is 0.0485. The molecule has 13 heavy (non-hydrogen) atoms. The lowest BCUT2D eigenvalue weighted by Gasteiger charge is -2.35. The van der Waals surface area contributed by atoms with Crippen molar-refractivity contribution in [2.45, 2.75) is 38.8 Å². The normalized spacial score (nSPS) is 26.3. The molecule has 0 spiro atoms. The first kappa shape index (κ1) is 11.0. The molecule has 0 aromatic carbocycles. The highest BCUT2D eigenvalue weighted by Gasteiger charge is 2.20. The molecule has 3 heteroatoms. The Bertz CT molecular complexity index is 153. The molecule has 0 amide bonds. The SMILES string of the molecule is C[C@H]1CNCCN1CCC(C)(C)O. The predicted molar refractivity (Wildman–Crippen MR) is 54.8 cm³/mol. The van der Waals surface area contributed by atoms with Gasteiger partial charge >= 0.3 is 0 Å². The zero-order valence-electron chi connectivity index (χ0n) is 9.01. The van der Waals surface area contributed by atoms with Crippen LogP contribution in [0, 0.1) is 0 Å². The van der Waals surface area contributed by atoms with Gasteiger partial charge in [-0.1, -0.05) is 0 Å². The molecule has 0 bridgehead atoms. The molecule has 0 aromatic heterocycles. The number of nitrogens with one attached hydrogen (secondary N) is 1. The molecule has 1 aliphatic heterocycles. The molecule has 1 fully saturated rings. The van der Waals surface area contributed by atoms with E-state index in [4.69, 9.17) is 0 Å². The highest BCUT2D eigenvalue weighted by Crippen LogP contribution is 2.11. The molecule has 1 aliphatic rings. The van der Waals surface area contributed by atoms with E-state index >= 15 is 0 Å². The number of aliphatic hydroxyl groups is 1. The summed E-state index contributed by atoms with van der Waals surface area (Å²) in [7, 11) is 0. The van der Waals surface area contributed by atoms with Crippen LogP contribution in [0.2, 0.25) is 0 Å². The van der Waals surface area contributed by atoms with Crippen LogP contribution in [0.15, 0.2) is 0 Å². The fourth-order valence-electron chi connectivity index (χ4n) is 1.63. The quantitative estimate of drug-likeness (QED) is 0.671. The topological polar surface area (TPSA) is 35.5 Å². The van der Waals surface area contributed by atoms with E-state index in [1.165, 1.54) is 0 Å². The summed E-state index contributed by atoms with van der Waals surface area (Å²) in [5.74, 6) is 0. The van der Waals surface area contributed by atoms with Gasteiger partial charge in [0.05, 0.1) is 5.60 Å². The van der Waals surface area contributed by atoms with Gasteiger partial charge in [-0.25, -0.2) is 0 Å². The summed E-state index contributed by atoms with van der Waals surface area (Å²) in [5, 5.41) is 12.9. The molecular formula is C10H22N2O. The average Bonchev–Trinajstić information content (AvgIpc) is 2.01. The second-order valence-electron chi connectivity index (χ2n) is 4.65. The standard InChI is InChI=1S/C10H22N2O/c1-9-8-11-5-7-12(9)6-4-10(2,3)13/h9,11,13H,4-8H2,1-3H3/t9-/m0/s1. The van der Waals surface area contributed by atoms with Crippen molar-refractivity contribution in [2.24, 2.45) is 0 Å². The molecule has 1 heterocycles. The fourth-order valence-corrected chi connectivity index (χ4v) is 1.63. The van der Waals surface area contributed by atoms with Gasteiger partial charge in [0.2, 0.25) is 0 Å². The summed E-state index contributed by atoms with van der Waals surface area (Å²) in [6.07, 6.45) is 0.858. The minimum Gasteiger partial charge on any atom is -0.390 e. The van der Waals surface area contributed by atoms with E-state index in [0.717, 1.165) is 32.6 Å². The summed E-state index contributed by atoms with van der Waals surface area (Å²) in [4.78, 5) is 2.44. The Labute approximate surface area is 81.1 Å². The number of rotatable bonds is 3. The van der Waals surface area contributed by atoms with E-state index in [2.05, 4.69) is 17.1 Å². The van der Waals surface area contributed by atoms with Gasteiger partial charge in [0.15, 0.2) is 0 Å². The van der Waals surface area contributed by atoms with Crippen molar-refractivity contribution in [3.05, 3.63) is 0 Å². The molecule has 1 saturated heterocycles. The molecule has 0 saturated carbocycles. The lowest BCUT2D eigenvalue weighted by Crippen LogP contribution is -2.50. The number of nitrogens with zero attached hydrogens (tertiary/aromatic N) is 1. The van der Waals surface area contributed by atoms with Gasteiger partial charge < -0.3 is 10.4 Å². The van der Waals surface area contributed by atoms with Gasteiger partial charge in [-0.05, 0) is 27.2 Å². The third kappa shape index (κ3) is 4.07. The van der Waals surface area contributed by atoms with Crippen LogP contribution in [0.4, 0.5) is 0 Å². The maximum atomic E-state index is 9.59. The van der Waals surface area contributed by atoms with Gasteiger partial charge in [-0.2, -0.15) is 0 Å². The predicted octanol–water partition coefficient (Wildman–Crippen LogP) is 0.441. The van der Waals surface area contributed by atoms with Crippen molar-refractivity contribution >= 4 is 0 Å². The van der Waals surface area contributed by atoms with Crippen molar-refractivity contribution in [1.82, 2.24) is 10.2 Å². The Morgan fingerprint density at radius 3 is 2.77 bits per heavy atom. The summed E-state index contributed by atoms with van der Waals surface area (Å²) in [6, 6.07) is 0.607. The third-order valence-electron chi connectivity index (χ3n) is 2.65. The highest BCUT2D eigenvalue weighted by atomic mass is 16.3. The third-order valence-corrected chi connectivity index (χ3v) is 2.65. The number of piperazine rings is 1. The van der Waals surface area contributed by atoms with E-state index in [0.29, 0.717) is 6.04 Å². The smallest absolute Gasteiger partial charge is 0.0603 e. The van der Waals surface area contributed by atoms with Crippen LogP contribution in [-0.4, -0.2) is 47.8 Å². The molecule has 0 radical (unpaired) electrons. The maximum Gasteiger partial charge on any atom is 0.0603 e. The first-order valence-corrected chi connectivity index (χ1v) is 5.16. The fraction of sp³-hybridized carbons (Fsp3) is 1.00. The first-order chi connectivity index (χ1) is 5.99. The lowest BCUT2D eigenvalue weighted by atomic mass is 10.0. The van der Waals surface area contributed by atoms with Crippen molar-refractivity contribution in [2.75, 3.05) is 26.2 Å². The molecule has 1 rings (SSSR count). The van der Waals surface area contributed by atoms with Crippen LogP contribution >= 0.6 is 0 Å². The van der Waals surface area contributed by atoms with Crippen LogP contribution in [0.25, 0.3) is 0 Å². The van der Waals surface area contributed by atoms with Crippen molar-refractivity contribution < 1.29 is 5.11 Å². The van der Waals surface area contributed by atoms with Crippen LogP contribution in [-0.2, 0) is 0 Å². The Hall–Kier alpha value is -0.120. The Kier molecular flexibility index (Phi) is 3.71. The van der Waals surface area contributed by atoms with Crippen LogP contribution in [0.5, 0.6) is 0 Å². The summed E-state index contributed by atoms with van der Waals surface area (Å²) in [6.45, 7) is 10.3. The molecule has 1 atom stereocenters. The van der Waals surface area contributed by atoms with Gasteiger partial charge in [-0.15, -0.1) is 0 Å². The van der Waals surface area contributed by atoms with Crippen molar-refractivity contribution in [3.8, 4) is 0 Å². The molecule has 0 aliphatic carbocycles. The van der Waals surface area contributed by atoms with Gasteiger partial charge in [0, 0.05) is 32.2 Å². The van der Waals surface area contributed by atoms with E-state index in [9.17, 15) is 5.11 Å². The monoisotopic (exact) mass is 186 g/mol. The minimum absolute atomic E-state index is 0.523. The van der Waals surface area contributed by atoms with Gasteiger partial charge in [0.25, 0.3) is 0 Å². The molecule has 0 unspecified atom stereocenters. The van der Waals surface area contributed by atoms with Crippen molar-refractivity contribution in [3.63, 3.8) is 0 Å². The Balaban J connectivity index is 2.27. The Morgan fingerprint density at radius 2 is 2.23 bits per heavy atom. The number of hydrogen-bond acceptors (Lipinski definition) is 3. The van der Waals surface area contributed by atoms with Crippen LogP contribution in [0.1, 0.15) is 27.2 Å². The largest absolute Gasteiger partial charge is 0.390 e. The summed E-state index contributed by atoms with van der Waals surface area (Å²) >= 11 is 0. The van der Waals surface area contributed by atoms with Gasteiger partial charge in [-0.3, -0.25) is 4.90 Å². The Morgan fingerprint density at radius 1 is 1.54 bits per heavy atom. The minimum atomic E-state index is -0.523. The summed E-state index contributed by atoms with van der Waals surface area (Å²) < 4.78 is 0. The molecule has 0 aromatic rings. The van der Waals surface area contributed by atoms with Crippen molar-refractivity contribution in [1.29, 1.82) is 0 Å². The van der Waals surface area contributed by atoms with Crippen LogP contribution in [0.3, 0.4) is 0 Å². The number of hydrogen-bond donors (Lipinski definition) is 2. The molecule has 78 valence electrons. The zero-order chi connectivity index (χ0) is 9.90. The van der Waals surface area contributed by atoms with Crippen LogP contribution < -0.4 is 5.32 Å². The molecular weight excluding hydrogens is 164 g/mol. The maximum absolute atomic E-state index is 9.59. The second-order valence-corrected chi connectivity index (χ2v) is 4.65. The van der Waals surface area contributed by atoms with E-state index < -0.39 is 5.60 Å². The molecule has 2 N–H and O–H groups in total. The zero-order valence-corrected chi connectivity index (χ0v) is 9.01.